The minimum absolute atomic E-state index is 0.0124. The molecule has 0 aromatic heterocycles. The van der Waals surface area contributed by atoms with Crippen LogP contribution in [0.25, 0.3) is 0 Å². The number of hydrogen-bond acceptors (Lipinski definition) is 2. The summed E-state index contributed by atoms with van der Waals surface area (Å²) < 4.78 is 1.07. The molecule has 0 N–H and O–H groups in total. The number of carbonyl (C=O) groups is 2. The van der Waals surface area contributed by atoms with Crippen molar-refractivity contribution in [2.24, 2.45) is 0 Å². The van der Waals surface area contributed by atoms with Gasteiger partial charge in [-0.3, -0.25) is 9.59 Å². The second-order valence-corrected chi connectivity index (χ2v) is 4.35. The summed E-state index contributed by atoms with van der Waals surface area (Å²) in [6.07, 6.45) is 0.406. The van der Waals surface area contributed by atoms with E-state index in [9.17, 15) is 9.59 Å². The van der Waals surface area contributed by atoms with Gasteiger partial charge in [-0.05, 0) is 41.1 Å². The van der Waals surface area contributed by atoms with E-state index in [1.54, 1.807) is 0 Å². The molecule has 0 atom stereocenters. The molecule has 0 saturated carbocycles. The summed E-state index contributed by atoms with van der Waals surface area (Å²) in [6.45, 7) is 1.44. The molecule has 0 aliphatic rings. The summed E-state index contributed by atoms with van der Waals surface area (Å²) in [4.78, 5) is 22.1. The molecule has 74 valence electrons. The monoisotopic (exact) mass is 302 g/mol. The zero-order chi connectivity index (χ0) is 10.6. The van der Waals surface area contributed by atoms with Crippen LogP contribution in [0.4, 0.5) is 0 Å². The van der Waals surface area contributed by atoms with Crippen LogP contribution < -0.4 is 0 Å². The summed E-state index contributed by atoms with van der Waals surface area (Å²) >= 11 is 2.19. The third kappa shape index (κ3) is 3.57. The Morgan fingerprint density at radius 3 is 2.50 bits per heavy atom. The van der Waals surface area contributed by atoms with E-state index in [1.165, 1.54) is 6.92 Å². The van der Waals surface area contributed by atoms with Crippen LogP contribution >= 0.6 is 22.6 Å². The van der Waals surface area contributed by atoms with Gasteiger partial charge in [0.1, 0.15) is 11.6 Å². The van der Waals surface area contributed by atoms with Crippen molar-refractivity contribution in [2.75, 3.05) is 0 Å². The molecule has 14 heavy (non-hydrogen) atoms. The van der Waals surface area contributed by atoms with Gasteiger partial charge in [-0.2, -0.15) is 0 Å². The Hall–Kier alpha value is -0.710. The number of halogens is 1. The molecule has 1 aromatic carbocycles. The molecule has 0 saturated heterocycles. The SMILES string of the molecule is CC(=O)CC(=O)Cc1ccccc1I. The van der Waals surface area contributed by atoms with Crippen molar-refractivity contribution in [3.05, 3.63) is 33.4 Å². The third-order valence-electron chi connectivity index (χ3n) is 1.79. The molecule has 0 radical (unpaired) electrons. The van der Waals surface area contributed by atoms with Gasteiger partial charge in [0.05, 0.1) is 6.42 Å². The molecule has 0 bridgehead atoms. The van der Waals surface area contributed by atoms with Crippen LogP contribution in [0, 0.1) is 3.57 Å². The van der Waals surface area contributed by atoms with E-state index in [2.05, 4.69) is 22.6 Å². The van der Waals surface area contributed by atoms with Crippen LogP contribution in [-0.4, -0.2) is 11.6 Å². The van der Waals surface area contributed by atoms with Crippen LogP contribution in [0.2, 0.25) is 0 Å². The van der Waals surface area contributed by atoms with Crippen molar-refractivity contribution < 1.29 is 9.59 Å². The summed E-state index contributed by atoms with van der Waals surface area (Å²) in [5.74, 6) is -0.0810. The van der Waals surface area contributed by atoms with E-state index in [1.807, 2.05) is 24.3 Å². The zero-order valence-corrected chi connectivity index (χ0v) is 10.1. The number of benzene rings is 1. The van der Waals surface area contributed by atoms with Crippen LogP contribution in [0.5, 0.6) is 0 Å². The second-order valence-electron chi connectivity index (χ2n) is 3.19. The van der Waals surface area contributed by atoms with Gasteiger partial charge in [-0.25, -0.2) is 0 Å². The molecule has 0 spiro atoms. The Morgan fingerprint density at radius 2 is 1.93 bits per heavy atom. The standard InChI is InChI=1S/C11H11IO2/c1-8(13)6-10(14)7-9-4-2-3-5-11(9)12/h2-5H,6-7H2,1H3. The zero-order valence-electron chi connectivity index (χ0n) is 7.92. The number of ketones is 2. The Balaban J connectivity index is 2.65. The highest BCUT2D eigenvalue weighted by atomic mass is 127. The van der Waals surface area contributed by atoms with Gasteiger partial charge >= 0.3 is 0 Å². The van der Waals surface area contributed by atoms with Crippen molar-refractivity contribution in [3.63, 3.8) is 0 Å². The summed E-state index contributed by atoms with van der Waals surface area (Å²) in [5, 5.41) is 0. The summed E-state index contributed by atoms with van der Waals surface area (Å²) in [5.41, 5.74) is 0.999. The van der Waals surface area contributed by atoms with Crippen molar-refractivity contribution >= 4 is 34.2 Å². The van der Waals surface area contributed by atoms with Gasteiger partial charge in [0.25, 0.3) is 0 Å². The lowest BCUT2D eigenvalue weighted by Gasteiger charge is -2.01. The Kier molecular flexibility index (Phi) is 4.25. The highest BCUT2D eigenvalue weighted by Gasteiger charge is 2.08. The first-order valence-electron chi connectivity index (χ1n) is 4.34. The van der Waals surface area contributed by atoms with Crippen LogP contribution in [0.1, 0.15) is 18.9 Å². The Bertz CT molecular complexity index is 358. The van der Waals surface area contributed by atoms with Crippen molar-refractivity contribution in [1.82, 2.24) is 0 Å². The topological polar surface area (TPSA) is 34.1 Å². The largest absolute Gasteiger partial charge is 0.300 e. The van der Waals surface area contributed by atoms with Gasteiger partial charge in [0.2, 0.25) is 0 Å². The van der Waals surface area contributed by atoms with Crippen LogP contribution in [0.15, 0.2) is 24.3 Å². The Morgan fingerprint density at radius 1 is 1.29 bits per heavy atom. The molecule has 1 aromatic rings. The molecule has 3 heteroatoms. The second kappa shape index (κ2) is 5.24. The lowest BCUT2D eigenvalue weighted by atomic mass is 10.1. The highest BCUT2D eigenvalue weighted by molar-refractivity contribution is 14.1. The summed E-state index contributed by atoms with van der Waals surface area (Å²) in [6, 6.07) is 7.70. The van der Waals surface area contributed by atoms with E-state index in [4.69, 9.17) is 0 Å². The summed E-state index contributed by atoms with van der Waals surface area (Å²) in [7, 11) is 0. The number of rotatable bonds is 4. The molecule has 0 heterocycles. The van der Waals surface area contributed by atoms with E-state index in [0.29, 0.717) is 6.42 Å². The maximum atomic E-state index is 11.4. The van der Waals surface area contributed by atoms with E-state index < -0.39 is 0 Å². The smallest absolute Gasteiger partial charge is 0.144 e. The third-order valence-corrected chi connectivity index (χ3v) is 2.84. The van der Waals surface area contributed by atoms with Crippen molar-refractivity contribution in [1.29, 1.82) is 0 Å². The van der Waals surface area contributed by atoms with E-state index in [-0.39, 0.29) is 18.0 Å². The van der Waals surface area contributed by atoms with Crippen LogP contribution in [0.3, 0.4) is 0 Å². The maximum Gasteiger partial charge on any atom is 0.144 e. The fourth-order valence-electron chi connectivity index (χ4n) is 1.19. The molecule has 0 unspecified atom stereocenters. The normalized spacial score (nSPS) is 9.86. The van der Waals surface area contributed by atoms with Gasteiger partial charge in [0, 0.05) is 9.99 Å². The highest BCUT2D eigenvalue weighted by Crippen LogP contribution is 2.12. The van der Waals surface area contributed by atoms with Crippen molar-refractivity contribution in [2.45, 2.75) is 19.8 Å². The molecular weight excluding hydrogens is 291 g/mol. The van der Waals surface area contributed by atoms with Crippen molar-refractivity contribution in [3.8, 4) is 0 Å². The molecule has 0 amide bonds. The molecule has 0 aliphatic carbocycles. The van der Waals surface area contributed by atoms with Gasteiger partial charge in [0.15, 0.2) is 0 Å². The molecule has 1 rings (SSSR count). The Labute approximate surface area is 96.8 Å². The average molecular weight is 302 g/mol. The van der Waals surface area contributed by atoms with Gasteiger partial charge in [-0.1, -0.05) is 18.2 Å². The fourth-order valence-corrected chi connectivity index (χ4v) is 1.77. The van der Waals surface area contributed by atoms with E-state index >= 15 is 0 Å². The quantitative estimate of drug-likeness (QED) is 0.632. The molecular formula is C11H11IO2. The van der Waals surface area contributed by atoms with E-state index in [0.717, 1.165) is 9.13 Å². The minimum Gasteiger partial charge on any atom is -0.300 e. The van der Waals surface area contributed by atoms with Gasteiger partial charge in [-0.15, -0.1) is 0 Å². The maximum absolute atomic E-state index is 11.4. The minimum atomic E-state index is -0.0686. The fraction of sp³-hybridized carbons (Fsp3) is 0.273. The van der Waals surface area contributed by atoms with Gasteiger partial charge < -0.3 is 0 Å². The number of Topliss-reactive ketones (excluding diaryl/α,β-unsaturated/α-hetero) is 2. The molecule has 0 aliphatic heterocycles. The van der Waals surface area contributed by atoms with Crippen LogP contribution in [-0.2, 0) is 16.0 Å². The number of hydrogen-bond donors (Lipinski definition) is 0. The first-order valence-corrected chi connectivity index (χ1v) is 5.42. The first kappa shape index (κ1) is 11.4. The lowest BCUT2D eigenvalue weighted by Crippen LogP contribution is -2.08. The number of carbonyl (C=O) groups excluding carboxylic acids is 2. The average Bonchev–Trinajstić information content (AvgIpc) is 2.07. The first-order chi connectivity index (χ1) is 6.59. The predicted octanol–water partition coefficient (Wildman–Crippen LogP) is 2.38. The molecule has 0 fully saturated rings. The lowest BCUT2D eigenvalue weighted by molar-refractivity contribution is -0.125. The predicted molar refractivity (Wildman–Crippen MR) is 63.2 cm³/mol. The molecule has 2 nitrogen and oxygen atoms in total.